The molecule has 2 N–H and O–H groups in total. The van der Waals surface area contributed by atoms with Crippen LogP contribution in [0, 0.1) is 6.92 Å². The molecule has 5 nitrogen and oxygen atoms in total. The summed E-state index contributed by atoms with van der Waals surface area (Å²) in [7, 11) is 3.41. The van der Waals surface area contributed by atoms with Gasteiger partial charge in [0.25, 0.3) is 0 Å². The van der Waals surface area contributed by atoms with Gasteiger partial charge in [-0.1, -0.05) is 31.5 Å². The zero-order chi connectivity index (χ0) is 25.4. The van der Waals surface area contributed by atoms with Gasteiger partial charge in [0.2, 0.25) is 0 Å². The Morgan fingerprint density at radius 1 is 1.00 bits per heavy atom. The second kappa shape index (κ2) is 10.1. The van der Waals surface area contributed by atoms with Gasteiger partial charge in [0.05, 0.1) is 20.3 Å². The van der Waals surface area contributed by atoms with Crippen LogP contribution in [-0.4, -0.2) is 25.7 Å². The predicted molar refractivity (Wildman–Crippen MR) is 146 cm³/mol. The van der Waals surface area contributed by atoms with E-state index < -0.39 is 0 Å². The summed E-state index contributed by atoms with van der Waals surface area (Å²) in [6.07, 6.45) is 0.971. The minimum absolute atomic E-state index is 0.0563. The topological polar surface area (TPSA) is 55.5 Å². The van der Waals surface area contributed by atoms with Gasteiger partial charge in [0, 0.05) is 33.7 Å². The Hall–Kier alpha value is -3.15. The summed E-state index contributed by atoms with van der Waals surface area (Å²) in [4.78, 5) is 3.66. The molecule has 0 aliphatic carbocycles. The van der Waals surface area contributed by atoms with Crippen LogP contribution < -0.4 is 19.5 Å². The van der Waals surface area contributed by atoms with Gasteiger partial charge in [0.1, 0.15) is 23.9 Å². The van der Waals surface area contributed by atoms with E-state index in [1.165, 1.54) is 22.2 Å². The summed E-state index contributed by atoms with van der Waals surface area (Å²) in [5.74, 6) is 2.85. The van der Waals surface area contributed by atoms with Crippen molar-refractivity contribution < 1.29 is 14.2 Å². The first-order valence-electron chi connectivity index (χ1n) is 12.4. The number of rotatable bonds is 7. The largest absolute Gasteiger partial charge is 0.497 e. The Kier molecular flexibility index (Phi) is 6.87. The number of ether oxygens (including phenoxy) is 3. The standard InChI is InChI=1S/C30H33ClN2O3/c1-17(2)23-15-25(31)18(3)12-28(23)36-16-20-13-19(6-9-27(20)35-5)29-30-22(10-11-32-29)24-14-21(34-4)7-8-26(24)33-30/h6-9,12-15,17,29,32-33H,10-11,16H2,1-5H3. The molecule has 0 spiro atoms. The maximum atomic E-state index is 6.40. The van der Waals surface area contributed by atoms with Crippen LogP contribution in [0.5, 0.6) is 17.2 Å². The van der Waals surface area contributed by atoms with Gasteiger partial charge >= 0.3 is 0 Å². The lowest BCUT2D eigenvalue weighted by molar-refractivity contribution is 0.292. The fourth-order valence-corrected chi connectivity index (χ4v) is 5.28. The fraction of sp³-hybridized carbons (Fsp3) is 0.333. The van der Waals surface area contributed by atoms with Crippen molar-refractivity contribution in [2.75, 3.05) is 20.8 Å². The minimum atomic E-state index is 0.0563. The Balaban J connectivity index is 1.48. The van der Waals surface area contributed by atoms with Crippen molar-refractivity contribution in [3.05, 3.63) is 87.1 Å². The SMILES string of the molecule is COc1ccc2[nH]c3c(c2c1)CCNC3c1ccc(OC)c(COc2cc(C)c(Cl)cc2C(C)C)c1. The molecule has 2 heterocycles. The second-order valence-corrected chi connectivity index (χ2v) is 10.1. The highest BCUT2D eigenvalue weighted by Crippen LogP contribution is 2.37. The van der Waals surface area contributed by atoms with E-state index in [2.05, 4.69) is 48.4 Å². The average Bonchev–Trinajstić information content (AvgIpc) is 3.26. The van der Waals surface area contributed by atoms with Gasteiger partial charge in [0.15, 0.2) is 0 Å². The van der Waals surface area contributed by atoms with E-state index in [1.807, 2.05) is 31.2 Å². The molecule has 3 aromatic carbocycles. The number of nitrogens with one attached hydrogen (secondary N) is 2. The number of H-pyrrole nitrogens is 1. The van der Waals surface area contributed by atoms with Crippen LogP contribution in [0.2, 0.25) is 5.02 Å². The molecule has 1 aromatic heterocycles. The van der Waals surface area contributed by atoms with Crippen molar-refractivity contribution in [1.82, 2.24) is 10.3 Å². The molecule has 0 saturated heterocycles. The Morgan fingerprint density at radius 2 is 1.83 bits per heavy atom. The predicted octanol–water partition coefficient (Wildman–Crippen LogP) is 7.08. The fourth-order valence-electron chi connectivity index (χ4n) is 5.11. The van der Waals surface area contributed by atoms with Crippen molar-refractivity contribution in [2.24, 2.45) is 0 Å². The van der Waals surface area contributed by atoms with Crippen molar-refractivity contribution in [1.29, 1.82) is 0 Å². The maximum Gasteiger partial charge on any atom is 0.125 e. The van der Waals surface area contributed by atoms with Gasteiger partial charge in [-0.2, -0.15) is 0 Å². The van der Waals surface area contributed by atoms with Gasteiger partial charge in [-0.05, 0) is 84.0 Å². The van der Waals surface area contributed by atoms with Crippen LogP contribution in [0.25, 0.3) is 10.9 Å². The van der Waals surface area contributed by atoms with E-state index in [0.29, 0.717) is 12.5 Å². The van der Waals surface area contributed by atoms with E-state index in [4.69, 9.17) is 25.8 Å². The van der Waals surface area contributed by atoms with Crippen LogP contribution >= 0.6 is 11.6 Å². The molecule has 1 atom stereocenters. The number of hydrogen-bond donors (Lipinski definition) is 2. The lowest BCUT2D eigenvalue weighted by Crippen LogP contribution is -2.30. The molecular weight excluding hydrogens is 472 g/mol. The van der Waals surface area contributed by atoms with Crippen LogP contribution in [0.4, 0.5) is 0 Å². The summed E-state index contributed by atoms with van der Waals surface area (Å²) < 4.78 is 17.5. The highest BCUT2D eigenvalue weighted by atomic mass is 35.5. The van der Waals surface area contributed by atoms with Gasteiger partial charge in [-0.3, -0.25) is 0 Å². The van der Waals surface area contributed by atoms with Crippen molar-refractivity contribution in [3.63, 3.8) is 0 Å². The summed E-state index contributed by atoms with van der Waals surface area (Å²) in [6, 6.07) is 16.7. The molecule has 5 rings (SSSR count). The van der Waals surface area contributed by atoms with E-state index in [1.54, 1.807) is 14.2 Å². The highest BCUT2D eigenvalue weighted by molar-refractivity contribution is 6.31. The lowest BCUT2D eigenvalue weighted by atomic mass is 9.93. The zero-order valence-electron chi connectivity index (χ0n) is 21.5. The number of aryl methyl sites for hydroxylation is 1. The first-order valence-corrected chi connectivity index (χ1v) is 12.8. The molecule has 1 aliphatic rings. The first kappa shape index (κ1) is 24.5. The lowest BCUT2D eigenvalue weighted by Gasteiger charge is -2.26. The Bertz CT molecular complexity index is 1410. The molecule has 0 bridgehead atoms. The number of fused-ring (bicyclic) bond motifs is 3. The molecule has 0 amide bonds. The third-order valence-corrected chi connectivity index (χ3v) is 7.50. The molecule has 4 aromatic rings. The van der Waals surface area contributed by atoms with Crippen molar-refractivity contribution in [2.45, 2.75) is 45.8 Å². The molecule has 0 radical (unpaired) electrons. The van der Waals surface area contributed by atoms with E-state index in [0.717, 1.165) is 57.4 Å². The molecule has 1 unspecified atom stereocenters. The van der Waals surface area contributed by atoms with E-state index >= 15 is 0 Å². The van der Waals surface area contributed by atoms with E-state index in [-0.39, 0.29) is 6.04 Å². The molecule has 6 heteroatoms. The Morgan fingerprint density at radius 3 is 2.58 bits per heavy atom. The molecule has 0 saturated carbocycles. The summed E-state index contributed by atoms with van der Waals surface area (Å²) in [6.45, 7) is 7.61. The number of methoxy groups -OCH3 is 2. The normalized spacial score (nSPS) is 15.2. The first-order chi connectivity index (χ1) is 17.4. The zero-order valence-corrected chi connectivity index (χ0v) is 22.3. The number of benzene rings is 3. The van der Waals surface area contributed by atoms with Crippen LogP contribution in [0.3, 0.4) is 0 Å². The molecule has 188 valence electrons. The summed E-state index contributed by atoms with van der Waals surface area (Å²) >= 11 is 6.40. The Labute approximate surface area is 217 Å². The number of halogens is 1. The van der Waals surface area contributed by atoms with Gasteiger partial charge < -0.3 is 24.5 Å². The molecule has 1 aliphatic heterocycles. The highest BCUT2D eigenvalue weighted by Gasteiger charge is 2.26. The summed E-state index contributed by atoms with van der Waals surface area (Å²) in [5, 5.41) is 5.69. The second-order valence-electron chi connectivity index (χ2n) is 9.72. The summed E-state index contributed by atoms with van der Waals surface area (Å²) in [5.41, 5.74) is 7.97. The smallest absolute Gasteiger partial charge is 0.125 e. The number of hydrogen-bond acceptors (Lipinski definition) is 4. The van der Waals surface area contributed by atoms with Crippen molar-refractivity contribution >= 4 is 22.5 Å². The van der Waals surface area contributed by atoms with Crippen LogP contribution in [-0.2, 0) is 13.0 Å². The monoisotopic (exact) mass is 504 g/mol. The molecular formula is C30H33ClN2O3. The van der Waals surface area contributed by atoms with E-state index in [9.17, 15) is 0 Å². The average molecular weight is 505 g/mol. The van der Waals surface area contributed by atoms with Crippen molar-refractivity contribution in [3.8, 4) is 17.2 Å². The number of aromatic nitrogens is 1. The van der Waals surface area contributed by atoms with Crippen LogP contribution in [0.15, 0.2) is 48.5 Å². The molecule has 36 heavy (non-hydrogen) atoms. The third kappa shape index (κ3) is 4.54. The van der Waals surface area contributed by atoms with Gasteiger partial charge in [-0.25, -0.2) is 0 Å². The van der Waals surface area contributed by atoms with Crippen LogP contribution in [0.1, 0.15) is 59.3 Å². The van der Waals surface area contributed by atoms with Gasteiger partial charge in [-0.15, -0.1) is 0 Å². The maximum absolute atomic E-state index is 6.40. The number of aromatic amines is 1. The third-order valence-electron chi connectivity index (χ3n) is 7.09. The quantitative estimate of drug-likeness (QED) is 0.282. The molecule has 0 fully saturated rings. The minimum Gasteiger partial charge on any atom is -0.497 e.